The van der Waals surface area contributed by atoms with Crippen molar-refractivity contribution in [3.05, 3.63) is 128 Å². The summed E-state index contributed by atoms with van der Waals surface area (Å²) in [6.07, 6.45) is 3.77. The van der Waals surface area contributed by atoms with Crippen LogP contribution in [0.15, 0.2) is 83.7 Å². The zero-order chi connectivity index (χ0) is 30.4. The number of carbonyl (C=O) groups excluding carboxylic acids is 3. The molecule has 214 valence electrons. The van der Waals surface area contributed by atoms with E-state index in [-0.39, 0.29) is 11.3 Å². The highest BCUT2D eigenvalue weighted by molar-refractivity contribution is 9.10. The van der Waals surface area contributed by atoms with E-state index in [0.717, 1.165) is 6.08 Å². The molecule has 2 unspecified atom stereocenters. The third kappa shape index (κ3) is 6.95. The van der Waals surface area contributed by atoms with Gasteiger partial charge in [0.15, 0.2) is 0 Å². The molecule has 2 heterocycles. The van der Waals surface area contributed by atoms with Gasteiger partial charge in [-0.2, -0.15) is 0 Å². The molecular weight excluding hydrogens is 604 g/mol. The predicted molar refractivity (Wildman–Crippen MR) is 158 cm³/mol. The van der Waals surface area contributed by atoms with Crippen molar-refractivity contribution in [3.63, 3.8) is 0 Å². The maximum absolute atomic E-state index is 12.9. The van der Waals surface area contributed by atoms with Gasteiger partial charge in [-0.3, -0.25) is 14.6 Å². The van der Waals surface area contributed by atoms with Crippen molar-refractivity contribution in [3.8, 4) is 5.75 Å². The van der Waals surface area contributed by atoms with Crippen LogP contribution in [0.5, 0.6) is 5.75 Å². The number of hydrogen-bond acceptors (Lipinski definition) is 8. The molecule has 11 heteroatoms. The third-order valence-corrected chi connectivity index (χ3v) is 6.94. The second-order valence-electron chi connectivity index (χ2n) is 9.20. The lowest BCUT2D eigenvalue weighted by Crippen LogP contribution is -2.18. The van der Waals surface area contributed by atoms with Crippen molar-refractivity contribution in [2.75, 3.05) is 0 Å². The van der Waals surface area contributed by atoms with Crippen LogP contribution < -0.4 is 16.2 Å². The smallest absolute Gasteiger partial charge is 0.336 e. The standard InChI is InChI=1S/C31H27BrN4O6/c1-2-22-23(28(39)20-12-14-36-25(32)16-20)8-9-24(31(34)41)29(22)42-26(37)10-7-21-15-19(11-13-35-21)27(38)17-3-5-18(6-4-17)30(33)40/h3-16,27-28,38-39H,2H2,1H3,(H2,33,40)(H2,34,41)/b10-7+. The summed E-state index contributed by atoms with van der Waals surface area (Å²) in [5.74, 6) is -2.21. The largest absolute Gasteiger partial charge is 0.422 e. The number of aliphatic hydroxyl groups excluding tert-OH is 2. The maximum Gasteiger partial charge on any atom is 0.336 e. The molecule has 6 N–H and O–H groups in total. The SMILES string of the molecule is CCc1c(C(O)c2ccnc(Br)c2)ccc(C(N)=O)c1OC(=O)/C=C/c1cc(C(O)c2ccc(C(N)=O)cc2)ccn1. The van der Waals surface area contributed by atoms with E-state index < -0.39 is 30.0 Å². The fraction of sp³-hybridized carbons (Fsp3) is 0.129. The van der Waals surface area contributed by atoms with E-state index in [2.05, 4.69) is 25.9 Å². The van der Waals surface area contributed by atoms with Crippen LogP contribution in [0.25, 0.3) is 6.08 Å². The molecule has 4 aromatic rings. The fourth-order valence-corrected chi connectivity index (χ4v) is 4.76. The molecule has 0 saturated heterocycles. The van der Waals surface area contributed by atoms with Crippen LogP contribution in [0.2, 0.25) is 0 Å². The monoisotopic (exact) mass is 630 g/mol. The molecule has 0 bridgehead atoms. The van der Waals surface area contributed by atoms with Gasteiger partial charge in [-0.15, -0.1) is 0 Å². The van der Waals surface area contributed by atoms with Crippen LogP contribution in [0.3, 0.4) is 0 Å². The van der Waals surface area contributed by atoms with Gasteiger partial charge >= 0.3 is 5.97 Å². The molecule has 0 aliphatic rings. The lowest BCUT2D eigenvalue weighted by Gasteiger charge is -2.20. The van der Waals surface area contributed by atoms with E-state index in [4.69, 9.17) is 16.2 Å². The number of esters is 1. The normalized spacial score (nSPS) is 12.6. The Labute approximate surface area is 249 Å². The van der Waals surface area contributed by atoms with Crippen molar-refractivity contribution in [2.45, 2.75) is 25.6 Å². The molecule has 0 radical (unpaired) electrons. The number of nitrogens with zero attached hydrogens (tertiary/aromatic N) is 2. The van der Waals surface area contributed by atoms with Crippen LogP contribution in [-0.4, -0.2) is 38.0 Å². The van der Waals surface area contributed by atoms with Gasteiger partial charge < -0.3 is 26.4 Å². The first kappa shape index (κ1) is 30.3. The quantitative estimate of drug-likeness (QED) is 0.0884. The molecule has 42 heavy (non-hydrogen) atoms. The van der Waals surface area contributed by atoms with Crippen molar-refractivity contribution in [1.29, 1.82) is 0 Å². The van der Waals surface area contributed by atoms with E-state index in [1.807, 2.05) is 0 Å². The fourth-order valence-electron chi connectivity index (χ4n) is 4.38. The molecule has 4 rings (SSSR count). The molecule has 0 aliphatic carbocycles. The number of pyridine rings is 2. The summed E-state index contributed by atoms with van der Waals surface area (Å²) in [7, 11) is 0. The number of rotatable bonds is 10. The van der Waals surface area contributed by atoms with Crippen LogP contribution in [0.4, 0.5) is 0 Å². The van der Waals surface area contributed by atoms with Gasteiger partial charge in [0.1, 0.15) is 22.6 Å². The molecule has 0 aliphatic heterocycles. The highest BCUT2D eigenvalue weighted by atomic mass is 79.9. The molecule has 2 aromatic heterocycles. The van der Waals surface area contributed by atoms with E-state index in [9.17, 15) is 24.6 Å². The summed E-state index contributed by atoms with van der Waals surface area (Å²) < 4.78 is 6.14. The third-order valence-electron chi connectivity index (χ3n) is 6.50. The Kier molecular flexibility index (Phi) is 9.58. The highest BCUT2D eigenvalue weighted by Gasteiger charge is 2.23. The zero-order valence-corrected chi connectivity index (χ0v) is 24.0. The average molecular weight is 631 g/mol. The number of ether oxygens (including phenoxy) is 1. The van der Waals surface area contributed by atoms with E-state index in [1.54, 1.807) is 55.6 Å². The summed E-state index contributed by atoms with van der Waals surface area (Å²) in [6.45, 7) is 1.80. The second kappa shape index (κ2) is 13.3. The number of carbonyl (C=O) groups is 3. The number of halogens is 1. The minimum absolute atomic E-state index is 0.00828. The Morgan fingerprint density at radius 1 is 0.881 bits per heavy atom. The maximum atomic E-state index is 12.9. The number of amides is 2. The molecule has 2 amide bonds. The number of benzene rings is 2. The minimum atomic E-state index is -1.08. The van der Waals surface area contributed by atoms with Crippen molar-refractivity contribution in [1.82, 2.24) is 9.97 Å². The van der Waals surface area contributed by atoms with Gasteiger partial charge in [0.25, 0.3) is 5.91 Å². The molecule has 2 aromatic carbocycles. The van der Waals surface area contributed by atoms with Crippen molar-refractivity contribution >= 4 is 39.8 Å². The number of aliphatic hydroxyl groups is 2. The van der Waals surface area contributed by atoms with Crippen LogP contribution >= 0.6 is 15.9 Å². The number of nitrogens with two attached hydrogens (primary N) is 2. The summed E-state index contributed by atoms with van der Waals surface area (Å²) in [6, 6.07) is 15.7. The Bertz CT molecular complexity index is 1670. The molecule has 10 nitrogen and oxygen atoms in total. The predicted octanol–water partition coefficient (Wildman–Crippen LogP) is 3.78. The van der Waals surface area contributed by atoms with E-state index in [1.165, 1.54) is 30.5 Å². The Morgan fingerprint density at radius 3 is 2.17 bits per heavy atom. The summed E-state index contributed by atoms with van der Waals surface area (Å²) in [5, 5.41) is 21.9. The number of aromatic nitrogens is 2. The Hall–Kier alpha value is -4.71. The van der Waals surface area contributed by atoms with E-state index >= 15 is 0 Å². The van der Waals surface area contributed by atoms with Gasteiger partial charge in [-0.25, -0.2) is 9.78 Å². The van der Waals surface area contributed by atoms with Crippen LogP contribution in [0, 0.1) is 0 Å². The first-order valence-electron chi connectivity index (χ1n) is 12.8. The van der Waals surface area contributed by atoms with Gasteiger partial charge in [0.05, 0.1) is 11.3 Å². The van der Waals surface area contributed by atoms with Crippen LogP contribution in [0.1, 0.15) is 73.4 Å². The second-order valence-corrected chi connectivity index (χ2v) is 10.0. The van der Waals surface area contributed by atoms with Gasteiger partial charge in [-0.05, 0) is 93.1 Å². The van der Waals surface area contributed by atoms with Crippen LogP contribution in [-0.2, 0) is 11.2 Å². The first-order chi connectivity index (χ1) is 20.1. The average Bonchev–Trinajstić information content (AvgIpc) is 2.99. The highest BCUT2D eigenvalue weighted by Crippen LogP contribution is 2.35. The minimum Gasteiger partial charge on any atom is -0.422 e. The van der Waals surface area contributed by atoms with Crippen molar-refractivity contribution in [2.24, 2.45) is 11.5 Å². The zero-order valence-electron chi connectivity index (χ0n) is 22.4. The molecular formula is C31H27BrN4O6. The molecule has 0 saturated carbocycles. The topological polar surface area (TPSA) is 179 Å². The lowest BCUT2D eigenvalue weighted by atomic mass is 9.93. The molecule has 0 spiro atoms. The molecule has 2 atom stereocenters. The first-order valence-corrected chi connectivity index (χ1v) is 13.6. The summed E-state index contributed by atoms with van der Waals surface area (Å²) in [5.41, 5.74) is 14.0. The molecule has 0 fully saturated rings. The van der Waals surface area contributed by atoms with Gasteiger partial charge in [0.2, 0.25) is 5.91 Å². The number of hydrogen-bond donors (Lipinski definition) is 4. The summed E-state index contributed by atoms with van der Waals surface area (Å²) in [4.78, 5) is 44.7. The lowest BCUT2D eigenvalue weighted by molar-refractivity contribution is -0.129. The van der Waals surface area contributed by atoms with Gasteiger partial charge in [-0.1, -0.05) is 25.1 Å². The van der Waals surface area contributed by atoms with E-state index in [0.29, 0.717) is 50.1 Å². The number of primary amides is 2. The summed E-state index contributed by atoms with van der Waals surface area (Å²) >= 11 is 3.29. The van der Waals surface area contributed by atoms with Gasteiger partial charge in [0, 0.05) is 29.6 Å². The Morgan fingerprint density at radius 2 is 1.55 bits per heavy atom. The Balaban J connectivity index is 1.58. The van der Waals surface area contributed by atoms with Crippen molar-refractivity contribution < 1.29 is 29.3 Å².